The van der Waals surface area contributed by atoms with Crippen LogP contribution in [0.1, 0.15) is 57.8 Å². The second-order valence-corrected chi connectivity index (χ2v) is 8.68. The van der Waals surface area contributed by atoms with E-state index in [0.717, 1.165) is 17.4 Å². The van der Waals surface area contributed by atoms with Crippen LogP contribution < -0.4 is 4.74 Å². The maximum atomic E-state index is 14.5. The average Bonchev–Trinajstić information content (AvgIpc) is 2.74. The summed E-state index contributed by atoms with van der Waals surface area (Å²) in [6.45, 7) is 0.690. The van der Waals surface area contributed by atoms with Gasteiger partial charge in [-0.2, -0.15) is 0 Å². The van der Waals surface area contributed by atoms with Crippen LogP contribution in [0.25, 0.3) is 11.1 Å². The zero-order valence-corrected chi connectivity index (χ0v) is 16.6. The molecule has 0 heterocycles. The zero-order valence-electron chi connectivity index (χ0n) is 16.6. The number of ether oxygens (including phenoxy) is 1. The van der Waals surface area contributed by atoms with Crippen molar-refractivity contribution in [1.29, 1.82) is 0 Å². The van der Waals surface area contributed by atoms with Gasteiger partial charge in [0.1, 0.15) is 17.3 Å². The van der Waals surface area contributed by atoms with Crippen LogP contribution in [0.2, 0.25) is 0 Å². The van der Waals surface area contributed by atoms with Gasteiger partial charge in [0.15, 0.2) is 0 Å². The lowest BCUT2D eigenvalue weighted by molar-refractivity contribution is 0.135. The Morgan fingerprint density at radius 1 is 0.821 bits per heavy atom. The molecule has 1 N–H and O–H groups in total. The molecule has 4 rings (SSSR count). The fourth-order valence-corrected chi connectivity index (χ4v) is 5.11. The summed E-state index contributed by atoms with van der Waals surface area (Å²) in [5.74, 6) is 3.00. The van der Waals surface area contributed by atoms with Gasteiger partial charge in [0.2, 0.25) is 0 Å². The number of phenolic OH excluding ortho intramolecular Hbond substituents is 1. The van der Waals surface area contributed by atoms with Gasteiger partial charge < -0.3 is 9.84 Å². The lowest BCUT2D eigenvalue weighted by Gasteiger charge is -2.35. The molecule has 0 amide bonds. The zero-order chi connectivity index (χ0) is 19.3. The minimum Gasteiger partial charge on any atom is -0.508 e. The van der Waals surface area contributed by atoms with Gasteiger partial charge in [0.25, 0.3) is 0 Å². The maximum Gasteiger partial charge on any atom is 0.134 e. The van der Waals surface area contributed by atoms with E-state index >= 15 is 0 Å². The minimum atomic E-state index is -0.288. The van der Waals surface area contributed by atoms with Crippen LogP contribution in [-0.2, 0) is 0 Å². The normalized spacial score (nSPS) is 23.5. The summed E-state index contributed by atoms with van der Waals surface area (Å²) >= 11 is 0. The van der Waals surface area contributed by atoms with Gasteiger partial charge >= 0.3 is 0 Å². The third-order valence-electron chi connectivity index (χ3n) is 6.81. The van der Waals surface area contributed by atoms with Crippen molar-refractivity contribution in [2.24, 2.45) is 17.8 Å². The number of rotatable bonds is 5. The fourth-order valence-electron chi connectivity index (χ4n) is 5.11. The summed E-state index contributed by atoms with van der Waals surface area (Å²) in [5, 5.41) is 9.39. The first kappa shape index (κ1) is 19.3. The second-order valence-electron chi connectivity index (χ2n) is 8.68. The topological polar surface area (TPSA) is 29.5 Å². The number of phenols is 1. The van der Waals surface area contributed by atoms with Gasteiger partial charge in [-0.05, 0) is 73.3 Å². The van der Waals surface area contributed by atoms with Crippen molar-refractivity contribution in [2.45, 2.75) is 57.8 Å². The van der Waals surface area contributed by atoms with Gasteiger partial charge in [0.05, 0.1) is 6.61 Å². The van der Waals surface area contributed by atoms with Gasteiger partial charge in [-0.1, -0.05) is 44.2 Å². The van der Waals surface area contributed by atoms with Crippen molar-refractivity contribution in [3.63, 3.8) is 0 Å². The van der Waals surface area contributed by atoms with Crippen LogP contribution >= 0.6 is 0 Å². The van der Waals surface area contributed by atoms with Crippen LogP contribution in [-0.4, -0.2) is 11.7 Å². The Morgan fingerprint density at radius 3 is 2.18 bits per heavy atom. The van der Waals surface area contributed by atoms with E-state index in [-0.39, 0.29) is 11.6 Å². The summed E-state index contributed by atoms with van der Waals surface area (Å²) in [6.07, 6.45) is 12.3. The smallest absolute Gasteiger partial charge is 0.134 e. The molecule has 0 radical (unpaired) electrons. The lowest BCUT2D eigenvalue weighted by Crippen LogP contribution is -2.26. The van der Waals surface area contributed by atoms with Crippen LogP contribution in [0.5, 0.6) is 11.5 Å². The number of aromatic hydroxyl groups is 1. The van der Waals surface area contributed by atoms with E-state index in [4.69, 9.17) is 4.74 Å². The summed E-state index contributed by atoms with van der Waals surface area (Å²) in [5.41, 5.74) is 1.28. The Hall–Kier alpha value is -2.03. The molecule has 3 heteroatoms. The third kappa shape index (κ3) is 4.68. The van der Waals surface area contributed by atoms with Crippen molar-refractivity contribution in [3.05, 3.63) is 48.3 Å². The summed E-state index contributed by atoms with van der Waals surface area (Å²) in [6, 6.07) is 11.7. The highest BCUT2D eigenvalue weighted by Crippen LogP contribution is 2.40. The Morgan fingerprint density at radius 2 is 1.50 bits per heavy atom. The van der Waals surface area contributed by atoms with Gasteiger partial charge in [-0.25, -0.2) is 4.39 Å². The quantitative estimate of drug-likeness (QED) is 0.605. The molecule has 2 saturated carbocycles. The summed E-state index contributed by atoms with van der Waals surface area (Å²) in [4.78, 5) is 0. The highest BCUT2D eigenvalue weighted by Gasteiger charge is 2.28. The van der Waals surface area contributed by atoms with Crippen LogP contribution in [0.4, 0.5) is 4.39 Å². The van der Waals surface area contributed by atoms with Crippen molar-refractivity contribution in [3.8, 4) is 22.6 Å². The molecule has 28 heavy (non-hydrogen) atoms. The van der Waals surface area contributed by atoms with Gasteiger partial charge in [-0.3, -0.25) is 0 Å². The monoisotopic (exact) mass is 382 g/mol. The van der Waals surface area contributed by atoms with Crippen LogP contribution in [0.15, 0.2) is 42.5 Å². The average molecular weight is 383 g/mol. The van der Waals surface area contributed by atoms with E-state index in [1.54, 1.807) is 30.3 Å². The molecule has 2 aromatic rings. The van der Waals surface area contributed by atoms with E-state index < -0.39 is 0 Å². The Kier molecular flexibility index (Phi) is 6.19. The number of halogens is 1. The molecular formula is C25H31FO2. The first-order chi connectivity index (χ1) is 13.7. The largest absolute Gasteiger partial charge is 0.508 e. The lowest BCUT2D eigenvalue weighted by atomic mass is 9.71. The minimum absolute atomic E-state index is 0.183. The molecule has 2 aliphatic rings. The number of hydrogen-bond donors (Lipinski definition) is 1. The number of hydrogen-bond acceptors (Lipinski definition) is 2. The summed E-state index contributed by atoms with van der Waals surface area (Å²) < 4.78 is 20.5. The predicted octanol–water partition coefficient (Wildman–Crippen LogP) is 6.96. The molecule has 2 nitrogen and oxygen atoms in total. The SMILES string of the molecule is Oc1ccc(-c2ccc(OCC3CCC(C4CCCCC4)CC3)cc2F)cc1. The van der Waals surface area contributed by atoms with Crippen molar-refractivity contribution >= 4 is 0 Å². The Balaban J connectivity index is 1.28. The molecule has 0 spiro atoms. The molecule has 2 aliphatic carbocycles. The molecule has 0 atom stereocenters. The van der Waals surface area contributed by atoms with Gasteiger partial charge in [0, 0.05) is 11.6 Å². The van der Waals surface area contributed by atoms with Crippen molar-refractivity contribution in [2.75, 3.05) is 6.61 Å². The van der Waals surface area contributed by atoms with Crippen molar-refractivity contribution < 1.29 is 14.2 Å². The predicted molar refractivity (Wildman–Crippen MR) is 111 cm³/mol. The van der Waals surface area contributed by atoms with E-state index in [2.05, 4.69) is 0 Å². The molecule has 0 unspecified atom stereocenters. The maximum absolute atomic E-state index is 14.5. The molecular weight excluding hydrogens is 351 g/mol. The molecule has 0 aromatic heterocycles. The fraction of sp³-hybridized carbons (Fsp3) is 0.520. The Labute approximate surface area is 167 Å². The first-order valence-electron chi connectivity index (χ1n) is 10.9. The standard InChI is InChI=1S/C25H31FO2/c26-25-16-23(14-15-24(25)21-10-12-22(27)13-11-21)28-17-18-6-8-20(9-7-18)19-4-2-1-3-5-19/h10-16,18-20,27H,1-9,17H2. The third-order valence-corrected chi connectivity index (χ3v) is 6.81. The molecule has 0 aliphatic heterocycles. The highest BCUT2D eigenvalue weighted by molar-refractivity contribution is 5.65. The van der Waals surface area contributed by atoms with Crippen molar-refractivity contribution in [1.82, 2.24) is 0 Å². The first-order valence-corrected chi connectivity index (χ1v) is 10.9. The van der Waals surface area contributed by atoms with Gasteiger partial charge in [-0.15, -0.1) is 0 Å². The Bertz CT molecular complexity index is 757. The van der Waals surface area contributed by atoms with E-state index in [9.17, 15) is 9.50 Å². The van der Waals surface area contributed by atoms with E-state index in [0.29, 0.717) is 23.8 Å². The number of benzene rings is 2. The highest BCUT2D eigenvalue weighted by atomic mass is 19.1. The molecule has 0 bridgehead atoms. The molecule has 150 valence electrons. The van der Waals surface area contributed by atoms with Crippen LogP contribution in [0, 0.1) is 23.6 Å². The second kappa shape index (κ2) is 8.98. The molecule has 2 aromatic carbocycles. The van der Waals surface area contributed by atoms with E-state index in [1.807, 2.05) is 6.07 Å². The van der Waals surface area contributed by atoms with Crippen LogP contribution in [0.3, 0.4) is 0 Å². The molecule has 0 saturated heterocycles. The summed E-state index contributed by atoms with van der Waals surface area (Å²) in [7, 11) is 0. The molecule has 2 fully saturated rings. The van der Waals surface area contributed by atoms with E-state index in [1.165, 1.54) is 63.9 Å².